The van der Waals surface area contributed by atoms with Crippen molar-refractivity contribution in [2.24, 2.45) is 0 Å². The number of rotatable bonds is 4. The molecule has 0 unspecified atom stereocenters. The number of aromatic nitrogens is 2. The van der Waals surface area contributed by atoms with E-state index in [1.165, 1.54) is 12.4 Å². The number of amides is 1. The molecule has 1 amide bonds. The van der Waals surface area contributed by atoms with Gasteiger partial charge in [0.05, 0.1) is 24.6 Å². The molecule has 0 aliphatic rings. The summed E-state index contributed by atoms with van der Waals surface area (Å²) in [5, 5.41) is 2.90. The first-order chi connectivity index (χ1) is 9.24. The van der Waals surface area contributed by atoms with Crippen molar-refractivity contribution in [3.05, 3.63) is 59.1 Å². The minimum absolute atomic E-state index is 0.235. The van der Waals surface area contributed by atoms with Gasteiger partial charge in [0.1, 0.15) is 11.8 Å². The zero-order valence-corrected chi connectivity index (χ0v) is 10.8. The molecule has 2 aromatic rings. The SMILES string of the molecule is O=C(NCc1cnc(Cl)cn1)OCc1ccccc1. The lowest BCUT2D eigenvalue weighted by molar-refractivity contribution is 0.139. The third kappa shape index (κ3) is 4.56. The van der Waals surface area contributed by atoms with E-state index in [9.17, 15) is 4.79 Å². The van der Waals surface area contributed by atoms with Crippen LogP contribution in [0, 0.1) is 0 Å². The first-order valence-corrected chi connectivity index (χ1v) is 6.03. The summed E-state index contributed by atoms with van der Waals surface area (Å²) < 4.78 is 5.05. The Morgan fingerprint density at radius 1 is 1.21 bits per heavy atom. The molecule has 1 heterocycles. The molecule has 1 N–H and O–H groups in total. The maximum absolute atomic E-state index is 11.4. The Kier molecular flexibility index (Phi) is 4.69. The highest BCUT2D eigenvalue weighted by molar-refractivity contribution is 6.29. The number of carbonyl (C=O) groups excluding carboxylic acids is 1. The predicted molar refractivity (Wildman–Crippen MR) is 70.5 cm³/mol. The minimum atomic E-state index is -0.499. The van der Waals surface area contributed by atoms with Gasteiger partial charge in [0.25, 0.3) is 0 Å². The van der Waals surface area contributed by atoms with Gasteiger partial charge in [-0.15, -0.1) is 0 Å². The summed E-state index contributed by atoms with van der Waals surface area (Å²) >= 11 is 5.61. The molecule has 1 aromatic carbocycles. The zero-order chi connectivity index (χ0) is 13.5. The van der Waals surface area contributed by atoms with Crippen LogP contribution in [0.4, 0.5) is 4.79 Å². The van der Waals surface area contributed by atoms with Gasteiger partial charge in [-0.3, -0.25) is 4.98 Å². The van der Waals surface area contributed by atoms with E-state index in [-0.39, 0.29) is 13.2 Å². The van der Waals surface area contributed by atoms with Crippen molar-refractivity contribution in [3.63, 3.8) is 0 Å². The molecule has 0 radical (unpaired) electrons. The van der Waals surface area contributed by atoms with Crippen LogP contribution in [-0.2, 0) is 17.9 Å². The van der Waals surface area contributed by atoms with Crippen LogP contribution in [-0.4, -0.2) is 16.1 Å². The molecule has 5 nitrogen and oxygen atoms in total. The summed E-state index contributed by atoms with van der Waals surface area (Å²) in [6.07, 6.45) is 2.42. The predicted octanol–water partition coefficient (Wildman–Crippen LogP) is 2.56. The molecule has 1 aromatic heterocycles. The van der Waals surface area contributed by atoms with E-state index in [1.807, 2.05) is 30.3 Å². The molecule has 0 fully saturated rings. The summed E-state index contributed by atoms with van der Waals surface area (Å²) in [6.45, 7) is 0.483. The molecule has 98 valence electrons. The van der Waals surface area contributed by atoms with Gasteiger partial charge in [-0.25, -0.2) is 9.78 Å². The van der Waals surface area contributed by atoms with Crippen molar-refractivity contribution in [3.8, 4) is 0 Å². The summed E-state index contributed by atoms with van der Waals surface area (Å²) in [4.78, 5) is 19.3. The fourth-order valence-electron chi connectivity index (χ4n) is 1.37. The Morgan fingerprint density at radius 3 is 2.68 bits per heavy atom. The van der Waals surface area contributed by atoms with Crippen molar-refractivity contribution in [2.45, 2.75) is 13.2 Å². The average molecular weight is 278 g/mol. The number of benzene rings is 1. The number of nitrogens with one attached hydrogen (secondary N) is 1. The first kappa shape index (κ1) is 13.3. The van der Waals surface area contributed by atoms with Crippen LogP contribution in [0.1, 0.15) is 11.3 Å². The number of alkyl carbamates (subject to hydrolysis) is 1. The van der Waals surface area contributed by atoms with Crippen LogP contribution < -0.4 is 5.32 Å². The van der Waals surface area contributed by atoms with E-state index >= 15 is 0 Å². The van der Waals surface area contributed by atoms with E-state index in [2.05, 4.69) is 15.3 Å². The Balaban J connectivity index is 1.74. The second-order valence-electron chi connectivity index (χ2n) is 3.75. The molecule has 0 saturated carbocycles. The summed E-state index contributed by atoms with van der Waals surface area (Å²) in [5.74, 6) is 0. The van der Waals surface area contributed by atoms with E-state index in [4.69, 9.17) is 16.3 Å². The molecule has 19 heavy (non-hydrogen) atoms. The lowest BCUT2D eigenvalue weighted by Gasteiger charge is -2.06. The monoisotopic (exact) mass is 277 g/mol. The van der Waals surface area contributed by atoms with Crippen LogP contribution in [0.25, 0.3) is 0 Å². The normalized spacial score (nSPS) is 9.95. The quantitative estimate of drug-likeness (QED) is 0.933. The number of ether oxygens (including phenoxy) is 1. The smallest absolute Gasteiger partial charge is 0.407 e. The molecule has 2 rings (SSSR count). The van der Waals surface area contributed by atoms with Crippen LogP contribution in [0.5, 0.6) is 0 Å². The van der Waals surface area contributed by atoms with Gasteiger partial charge in [0.15, 0.2) is 0 Å². The molecule has 0 spiro atoms. The van der Waals surface area contributed by atoms with Gasteiger partial charge in [-0.2, -0.15) is 0 Å². The first-order valence-electron chi connectivity index (χ1n) is 5.65. The second-order valence-corrected chi connectivity index (χ2v) is 4.13. The number of carbonyl (C=O) groups is 1. The topological polar surface area (TPSA) is 64.1 Å². The number of halogens is 1. The maximum Gasteiger partial charge on any atom is 0.407 e. The van der Waals surface area contributed by atoms with Crippen LogP contribution in [0.2, 0.25) is 5.15 Å². The molecule has 0 bridgehead atoms. The number of hydrogen-bond acceptors (Lipinski definition) is 4. The summed E-state index contributed by atoms with van der Waals surface area (Å²) in [6, 6.07) is 9.46. The maximum atomic E-state index is 11.4. The van der Waals surface area contributed by atoms with Gasteiger partial charge in [-0.05, 0) is 5.56 Å². The summed E-state index contributed by atoms with van der Waals surface area (Å²) in [7, 11) is 0. The van der Waals surface area contributed by atoms with Gasteiger partial charge in [0.2, 0.25) is 0 Å². The molecular formula is C13H12ClN3O2. The highest BCUT2D eigenvalue weighted by atomic mass is 35.5. The van der Waals surface area contributed by atoms with Crippen molar-refractivity contribution in [2.75, 3.05) is 0 Å². The van der Waals surface area contributed by atoms with Gasteiger partial charge in [0, 0.05) is 0 Å². The van der Waals surface area contributed by atoms with Crippen molar-refractivity contribution < 1.29 is 9.53 Å². The van der Waals surface area contributed by atoms with Crippen molar-refractivity contribution in [1.82, 2.24) is 15.3 Å². The second kappa shape index (κ2) is 6.70. The van der Waals surface area contributed by atoms with Crippen molar-refractivity contribution >= 4 is 17.7 Å². The highest BCUT2D eigenvalue weighted by Gasteiger charge is 2.03. The lowest BCUT2D eigenvalue weighted by Crippen LogP contribution is -2.24. The van der Waals surface area contributed by atoms with Crippen molar-refractivity contribution in [1.29, 1.82) is 0 Å². The van der Waals surface area contributed by atoms with Gasteiger partial charge < -0.3 is 10.1 Å². The van der Waals surface area contributed by atoms with E-state index in [1.54, 1.807) is 0 Å². The molecule has 6 heteroatoms. The summed E-state index contributed by atoms with van der Waals surface area (Å²) in [5.41, 5.74) is 1.55. The van der Waals surface area contributed by atoms with Crippen LogP contribution in [0.3, 0.4) is 0 Å². The Hall–Kier alpha value is -2.14. The fourth-order valence-corrected chi connectivity index (χ4v) is 1.46. The molecule has 0 atom stereocenters. The van der Waals surface area contributed by atoms with Gasteiger partial charge in [-0.1, -0.05) is 41.9 Å². The third-order valence-corrected chi connectivity index (χ3v) is 2.50. The third-order valence-electron chi connectivity index (χ3n) is 2.30. The molecule has 0 aliphatic carbocycles. The van der Waals surface area contributed by atoms with E-state index < -0.39 is 6.09 Å². The fraction of sp³-hybridized carbons (Fsp3) is 0.154. The average Bonchev–Trinajstić information content (AvgIpc) is 2.45. The zero-order valence-electron chi connectivity index (χ0n) is 10.0. The number of nitrogens with zero attached hydrogens (tertiary/aromatic N) is 2. The minimum Gasteiger partial charge on any atom is -0.445 e. The highest BCUT2D eigenvalue weighted by Crippen LogP contribution is 2.02. The molecule has 0 aliphatic heterocycles. The van der Waals surface area contributed by atoms with E-state index in [0.29, 0.717) is 10.8 Å². The molecule has 0 saturated heterocycles. The Bertz CT molecular complexity index is 531. The Labute approximate surface area is 115 Å². The molecular weight excluding hydrogens is 266 g/mol. The standard InChI is InChI=1S/C13H12ClN3O2/c14-12-8-15-11(6-16-12)7-17-13(18)19-9-10-4-2-1-3-5-10/h1-6,8H,7,9H2,(H,17,18). The Morgan fingerprint density at radius 2 is 2.00 bits per heavy atom. The van der Waals surface area contributed by atoms with Crippen LogP contribution in [0.15, 0.2) is 42.7 Å². The largest absolute Gasteiger partial charge is 0.445 e. The lowest BCUT2D eigenvalue weighted by atomic mass is 10.2. The van der Waals surface area contributed by atoms with Crippen LogP contribution >= 0.6 is 11.6 Å². The van der Waals surface area contributed by atoms with Gasteiger partial charge >= 0.3 is 6.09 Å². The van der Waals surface area contributed by atoms with E-state index in [0.717, 1.165) is 5.56 Å². The number of hydrogen-bond donors (Lipinski definition) is 1.